The van der Waals surface area contributed by atoms with Crippen LogP contribution in [-0.2, 0) is 14.3 Å². The summed E-state index contributed by atoms with van der Waals surface area (Å²) in [6.45, 7) is 3.40. The number of benzene rings is 2. The van der Waals surface area contributed by atoms with E-state index in [2.05, 4.69) is 4.90 Å². The van der Waals surface area contributed by atoms with Crippen LogP contribution in [0.1, 0.15) is 17.2 Å². The number of carbonyl (C=O) groups is 2. The van der Waals surface area contributed by atoms with E-state index in [1.165, 1.54) is 26.2 Å². The van der Waals surface area contributed by atoms with Crippen molar-refractivity contribution >= 4 is 17.4 Å². The van der Waals surface area contributed by atoms with Gasteiger partial charge in [-0.1, -0.05) is 12.1 Å². The summed E-state index contributed by atoms with van der Waals surface area (Å²) in [4.78, 5) is 30.6. The summed E-state index contributed by atoms with van der Waals surface area (Å²) >= 11 is 0. The van der Waals surface area contributed by atoms with Gasteiger partial charge in [-0.25, -0.2) is 0 Å². The smallest absolute Gasteiger partial charge is 0.295 e. The first-order valence-electron chi connectivity index (χ1n) is 12.3. The van der Waals surface area contributed by atoms with Crippen molar-refractivity contribution < 1.29 is 43.1 Å². The fraction of sp³-hybridized carbons (Fsp3) is 0.407. The van der Waals surface area contributed by atoms with Crippen LogP contribution in [0.4, 0.5) is 0 Å². The van der Waals surface area contributed by atoms with Crippen molar-refractivity contribution in [3.63, 3.8) is 0 Å². The van der Waals surface area contributed by atoms with Crippen LogP contribution in [-0.4, -0.2) is 94.1 Å². The zero-order valence-corrected chi connectivity index (χ0v) is 21.5. The van der Waals surface area contributed by atoms with Gasteiger partial charge in [0.2, 0.25) is 18.3 Å². The van der Waals surface area contributed by atoms with E-state index < -0.39 is 17.7 Å². The highest BCUT2D eigenvalue weighted by atomic mass is 16.7. The van der Waals surface area contributed by atoms with E-state index in [9.17, 15) is 14.7 Å². The van der Waals surface area contributed by atoms with Crippen molar-refractivity contribution in [1.82, 2.24) is 9.80 Å². The third kappa shape index (κ3) is 4.48. The number of hydrogen-bond acceptors (Lipinski definition) is 10. The van der Waals surface area contributed by atoms with Crippen LogP contribution in [0.3, 0.4) is 0 Å². The highest BCUT2D eigenvalue weighted by molar-refractivity contribution is 6.46. The minimum Gasteiger partial charge on any atom is -0.507 e. The van der Waals surface area contributed by atoms with Crippen LogP contribution in [0.25, 0.3) is 5.76 Å². The lowest BCUT2D eigenvalue weighted by atomic mass is 9.93. The average Bonchev–Trinajstić information content (AvgIpc) is 3.52. The summed E-state index contributed by atoms with van der Waals surface area (Å²) in [7, 11) is 4.44. The molecule has 2 saturated heterocycles. The molecule has 3 aliphatic heterocycles. The molecule has 0 aromatic heterocycles. The van der Waals surface area contributed by atoms with Gasteiger partial charge in [0.05, 0.1) is 46.2 Å². The van der Waals surface area contributed by atoms with Crippen LogP contribution >= 0.6 is 0 Å². The highest BCUT2D eigenvalue weighted by Crippen LogP contribution is 2.53. The largest absolute Gasteiger partial charge is 0.507 e. The molecule has 0 bridgehead atoms. The zero-order chi connectivity index (χ0) is 26.8. The topological polar surface area (TPSA) is 116 Å². The number of carbonyl (C=O) groups excluding carboxylic acids is 2. The second-order valence-corrected chi connectivity index (χ2v) is 8.94. The number of amides is 1. The number of hydrogen-bond donors (Lipinski definition) is 1. The van der Waals surface area contributed by atoms with Gasteiger partial charge in [0.15, 0.2) is 11.5 Å². The molecule has 0 aliphatic carbocycles. The van der Waals surface area contributed by atoms with Crippen LogP contribution in [0.15, 0.2) is 35.9 Å². The van der Waals surface area contributed by atoms with E-state index >= 15 is 0 Å². The monoisotopic (exact) mass is 526 g/mol. The molecule has 0 spiro atoms. The van der Waals surface area contributed by atoms with Crippen molar-refractivity contribution in [3.8, 4) is 28.7 Å². The molecule has 5 rings (SSSR count). The fourth-order valence-corrected chi connectivity index (χ4v) is 5.05. The molecule has 2 aromatic rings. The number of likely N-dealkylation sites (tertiary alicyclic amines) is 1. The summed E-state index contributed by atoms with van der Waals surface area (Å²) in [5.41, 5.74) is 0.705. The summed E-state index contributed by atoms with van der Waals surface area (Å²) in [6.07, 6.45) is 0. The normalized spacial score (nSPS) is 20.6. The molecular formula is C27H30N2O9. The number of Topliss-reactive ketones (excluding diaryl/α,β-unsaturated/α-hetero) is 1. The second-order valence-electron chi connectivity index (χ2n) is 8.94. The lowest BCUT2D eigenvalue weighted by Gasteiger charge is -2.31. The molecule has 11 heteroatoms. The van der Waals surface area contributed by atoms with E-state index in [0.29, 0.717) is 48.1 Å². The number of nitrogens with zero attached hydrogens (tertiary/aromatic N) is 2. The number of aliphatic hydroxyl groups excluding tert-OH is 1. The van der Waals surface area contributed by atoms with Gasteiger partial charge in [0, 0.05) is 37.3 Å². The molecule has 202 valence electrons. The number of morpholine rings is 1. The fourth-order valence-electron chi connectivity index (χ4n) is 5.05. The second kappa shape index (κ2) is 10.8. The van der Waals surface area contributed by atoms with E-state index in [-0.39, 0.29) is 36.2 Å². The lowest BCUT2D eigenvalue weighted by molar-refractivity contribution is -0.140. The Morgan fingerprint density at radius 2 is 1.76 bits per heavy atom. The Kier molecular flexibility index (Phi) is 7.30. The first-order chi connectivity index (χ1) is 18.5. The van der Waals surface area contributed by atoms with E-state index in [1.54, 1.807) is 30.3 Å². The Bertz CT molecular complexity index is 1270. The number of methoxy groups -OCH3 is 3. The van der Waals surface area contributed by atoms with Crippen LogP contribution in [0, 0.1) is 0 Å². The predicted octanol–water partition coefficient (Wildman–Crippen LogP) is 2.19. The SMILES string of the molecule is COc1cccc(C(O)=C2C(=O)C(=O)N(CCN3CCOCC3)C2c2cc3c(c(OC)c2OC)OCO3)c1. The van der Waals surface area contributed by atoms with Crippen molar-refractivity contribution in [2.45, 2.75) is 6.04 Å². The van der Waals surface area contributed by atoms with Gasteiger partial charge < -0.3 is 38.4 Å². The van der Waals surface area contributed by atoms with E-state index in [0.717, 1.165) is 13.1 Å². The first kappa shape index (κ1) is 25.7. The number of ketones is 1. The minimum absolute atomic E-state index is 0.0146. The highest BCUT2D eigenvalue weighted by Gasteiger charge is 2.48. The van der Waals surface area contributed by atoms with Gasteiger partial charge in [-0.2, -0.15) is 0 Å². The number of fused-ring (bicyclic) bond motifs is 1. The predicted molar refractivity (Wildman–Crippen MR) is 135 cm³/mol. The summed E-state index contributed by atoms with van der Waals surface area (Å²) < 4.78 is 33.3. The third-order valence-corrected chi connectivity index (χ3v) is 6.95. The Labute approximate surface area is 220 Å². The maximum absolute atomic E-state index is 13.5. The Hall–Kier alpha value is -3.96. The minimum atomic E-state index is -0.972. The first-order valence-corrected chi connectivity index (χ1v) is 12.3. The van der Waals surface area contributed by atoms with Crippen molar-refractivity contribution in [1.29, 1.82) is 0 Å². The molecule has 1 N–H and O–H groups in total. The lowest BCUT2D eigenvalue weighted by Crippen LogP contribution is -2.42. The van der Waals surface area contributed by atoms with E-state index in [4.69, 9.17) is 28.4 Å². The maximum atomic E-state index is 13.5. The Morgan fingerprint density at radius 3 is 2.47 bits per heavy atom. The molecule has 38 heavy (non-hydrogen) atoms. The van der Waals surface area contributed by atoms with Gasteiger partial charge >= 0.3 is 0 Å². The quantitative estimate of drug-likeness (QED) is 0.312. The molecule has 1 atom stereocenters. The molecule has 11 nitrogen and oxygen atoms in total. The molecule has 3 heterocycles. The van der Waals surface area contributed by atoms with Crippen molar-refractivity contribution in [3.05, 3.63) is 47.0 Å². The van der Waals surface area contributed by atoms with Gasteiger partial charge in [0.25, 0.3) is 11.7 Å². The van der Waals surface area contributed by atoms with Gasteiger partial charge in [-0.3, -0.25) is 14.5 Å². The van der Waals surface area contributed by atoms with Gasteiger partial charge in [0.1, 0.15) is 11.5 Å². The van der Waals surface area contributed by atoms with Crippen LogP contribution < -0.4 is 23.7 Å². The molecule has 1 amide bonds. The van der Waals surface area contributed by atoms with Crippen molar-refractivity contribution in [2.75, 3.05) is 67.5 Å². The Balaban J connectivity index is 1.66. The summed E-state index contributed by atoms with van der Waals surface area (Å²) in [5.74, 6) is -0.0326. The van der Waals surface area contributed by atoms with E-state index in [1.807, 2.05) is 0 Å². The van der Waals surface area contributed by atoms with Crippen LogP contribution in [0.2, 0.25) is 0 Å². The number of rotatable bonds is 8. The Morgan fingerprint density at radius 1 is 1.00 bits per heavy atom. The number of aliphatic hydroxyl groups is 1. The summed E-state index contributed by atoms with van der Waals surface area (Å²) in [5, 5.41) is 11.4. The molecular weight excluding hydrogens is 496 g/mol. The standard InChI is InChI=1S/C27H30N2O9/c1-33-17-6-4-5-16(13-17)22(30)20-21(18-14-19-25(38-15-37-19)26(35-3)24(18)34-2)29(27(32)23(20)31)8-7-28-9-11-36-12-10-28/h4-6,13-14,21,30H,7-12,15H2,1-3H3. The number of ether oxygens (including phenoxy) is 6. The molecule has 0 radical (unpaired) electrons. The molecule has 2 aromatic carbocycles. The van der Waals surface area contributed by atoms with Crippen molar-refractivity contribution in [2.24, 2.45) is 0 Å². The third-order valence-electron chi connectivity index (χ3n) is 6.95. The summed E-state index contributed by atoms with van der Waals surface area (Å²) in [6, 6.07) is 7.36. The van der Waals surface area contributed by atoms with Gasteiger partial charge in [-0.05, 0) is 18.2 Å². The van der Waals surface area contributed by atoms with Crippen LogP contribution in [0.5, 0.6) is 28.7 Å². The molecule has 2 fully saturated rings. The molecule has 0 saturated carbocycles. The maximum Gasteiger partial charge on any atom is 0.295 e. The molecule has 3 aliphatic rings. The van der Waals surface area contributed by atoms with Gasteiger partial charge in [-0.15, -0.1) is 0 Å². The zero-order valence-electron chi connectivity index (χ0n) is 21.5. The molecule has 1 unspecified atom stereocenters. The average molecular weight is 527 g/mol.